The molecule has 1 heterocycles. The van der Waals surface area contributed by atoms with Gasteiger partial charge in [-0.05, 0) is 23.5 Å². The van der Waals surface area contributed by atoms with Gasteiger partial charge in [0.1, 0.15) is 12.4 Å². The molecule has 1 fully saturated rings. The number of ether oxygens (including phenoxy) is 2. The summed E-state index contributed by atoms with van der Waals surface area (Å²) in [5.74, 6) is 1.73. The van der Waals surface area contributed by atoms with Crippen molar-refractivity contribution in [2.75, 3.05) is 13.2 Å². The first-order valence-corrected chi connectivity index (χ1v) is 7.20. The van der Waals surface area contributed by atoms with Gasteiger partial charge in [0.2, 0.25) is 0 Å². The smallest absolute Gasteiger partial charge is 0.126 e. The van der Waals surface area contributed by atoms with E-state index in [1.807, 2.05) is 0 Å². The zero-order chi connectivity index (χ0) is 13.7. The summed E-state index contributed by atoms with van der Waals surface area (Å²) < 4.78 is 11.3. The molecular formula is C17H24O2. The maximum Gasteiger partial charge on any atom is 0.126 e. The van der Waals surface area contributed by atoms with Gasteiger partial charge in [-0.25, -0.2) is 0 Å². The molecule has 2 rings (SSSR count). The van der Waals surface area contributed by atoms with Gasteiger partial charge in [0.25, 0.3) is 0 Å². The van der Waals surface area contributed by atoms with E-state index in [2.05, 4.69) is 38.6 Å². The standard InChI is InChI=1S/C17H24O2/c1-4-9-18-17-14(10-13(3)5-2)7-6-8-15(17)11-16-12-19-16/h4,6-8,13,16H,1,5,9-12H2,2-3H3. The summed E-state index contributed by atoms with van der Waals surface area (Å²) in [7, 11) is 0. The van der Waals surface area contributed by atoms with Crippen molar-refractivity contribution in [3.8, 4) is 5.75 Å². The van der Waals surface area contributed by atoms with Crippen molar-refractivity contribution in [3.63, 3.8) is 0 Å². The molecule has 1 aliphatic rings. The molecule has 0 radical (unpaired) electrons. The van der Waals surface area contributed by atoms with E-state index < -0.39 is 0 Å². The van der Waals surface area contributed by atoms with E-state index in [0.29, 0.717) is 18.6 Å². The molecule has 0 aromatic heterocycles. The quantitative estimate of drug-likeness (QED) is 0.524. The van der Waals surface area contributed by atoms with Crippen LogP contribution >= 0.6 is 0 Å². The number of epoxide rings is 1. The lowest BCUT2D eigenvalue weighted by molar-refractivity contribution is 0.348. The van der Waals surface area contributed by atoms with Crippen LogP contribution in [0.15, 0.2) is 30.9 Å². The first kappa shape index (κ1) is 14.1. The molecule has 2 nitrogen and oxygen atoms in total. The molecule has 1 saturated heterocycles. The Hall–Kier alpha value is -1.28. The highest BCUT2D eigenvalue weighted by Gasteiger charge is 2.25. The summed E-state index contributed by atoms with van der Waals surface area (Å²) in [6, 6.07) is 6.47. The monoisotopic (exact) mass is 260 g/mol. The van der Waals surface area contributed by atoms with Crippen LogP contribution in [0.3, 0.4) is 0 Å². The number of benzene rings is 1. The fourth-order valence-electron chi connectivity index (χ4n) is 2.24. The van der Waals surface area contributed by atoms with Gasteiger partial charge in [0, 0.05) is 6.42 Å². The molecule has 0 aliphatic carbocycles. The normalized spacial score (nSPS) is 18.9. The minimum absolute atomic E-state index is 0.393. The number of hydrogen-bond acceptors (Lipinski definition) is 2. The Labute approximate surface area is 116 Å². The van der Waals surface area contributed by atoms with Crippen LogP contribution in [0.4, 0.5) is 0 Å². The summed E-state index contributed by atoms with van der Waals surface area (Å²) in [5, 5.41) is 0. The highest BCUT2D eigenvalue weighted by atomic mass is 16.6. The lowest BCUT2D eigenvalue weighted by Gasteiger charge is -2.17. The Kier molecular flexibility index (Phi) is 5.03. The van der Waals surface area contributed by atoms with Crippen LogP contribution in [0.1, 0.15) is 31.4 Å². The molecule has 1 aliphatic heterocycles. The van der Waals surface area contributed by atoms with Crippen LogP contribution in [0.5, 0.6) is 5.75 Å². The molecule has 2 heteroatoms. The second-order valence-corrected chi connectivity index (χ2v) is 5.38. The van der Waals surface area contributed by atoms with E-state index in [4.69, 9.17) is 9.47 Å². The van der Waals surface area contributed by atoms with Crippen LogP contribution in [0, 0.1) is 5.92 Å². The molecule has 1 aromatic rings. The number of para-hydroxylation sites is 1. The van der Waals surface area contributed by atoms with Crippen LogP contribution < -0.4 is 4.74 Å². The van der Waals surface area contributed by atoms with Gasteiger partial charge in [-0.1, -0.05) is 51.1 Å². The van der Waals surface area contributed by atoms with E-state index in [0.717, 1.165) is 25.2 Å². The van der Waals surface area contributed by atoms with Gasteiger partial charge in [-0.2, -0.15) is 0 Å². The van der Waals surface area contributed by atoms with Crippen molar-refractivity contribution in [1.82, 2.24) is 0 Å². The third-order valence-corrected chi connectivity index (χ3v) is 3.64. The first-order chi connectivity index (χ1) is 9.24. The van der Waals surface area contributed by atoms with Crippen molar-refractivity contribution in [2.45, 2.75) is 39.2 Å². The molecular weight excluding hydrogens is 236 g/mol. The minimum Gasteiger partial charge on any atom is -0.489 e. The van der Waals surface area contributed by atoms with Crippen LogP contribution in [0.2, 0.25) is 0 Å². The molecule has 0 saturated carbocycles. The average molecular weight is 260 g/mol. The average Bonchev–Trinajstić information content (AvgIpc) is 3.22. The molecule has 1 aromatic carbocycles. The van der Waals surface area contributed by atoms with Gasteiger partial charge in [-0.3, -0.25) is 0 Å². The molecule has 0 amide bonds. The van der Waals surface area contributed by atoms with E-state index in [-0.39, 0.29) is 0 Å². The highest BCUT2D eigenvalue weighted by Crippen LogP contribution is 2.30. The topological polar surface area (TPSA) is 21.8 Å². The van der Waals surface area contributed by atoms with Gasteiger partial charge in [0.05, 0.1) is 12.7 Å². The molecule has 0 N–H and O–H groups in total. The van der Waals surface area contributed by atoms with E-state index in [1.54, 1.807) is 6.08 Å². The zero-order valence-electron chi connectivity index (χ0n) is 12.0. The molecule has 104 valence electrons. The second-order valence-electron chi connectivity index (χ2n) is 5.38. The second kappa shape index (κ2) is 6.76. The predicted molar refractivity (Wildman–Crippen MR) is 78.7 cm³/mol. The zero-order valence-corrected chi connectivity index (χ0v) is 12.0. The van der Waals surface area contributed by atoms with Crippen LogP contribution in [-0.4, -0.2) is 19.3 Å². The molecule has 19 heavy (non-hydrogen) atoms. The van der Waals surface area contributed by atoms with Crippen molar-refractivity contribution in [3.05, 3.63) is 42.0 Å². The summed E-state index contributed by atoms with van der Waals surface area (Å²) in [6.45, 7) is 9.71. The first-order valence-electron chi connectivity index (χ1n) is 7.20. The van der Waals surface area contributed by atoms with Crippen molar-refractivity contribution < 1.29 is 9.47 Å². The van der Waals surface area contributed by atoms with Crippen molar-refractivity contribution in [1.29, 1.82) is 0 Å². The van der Waals surface area contributed by atoms with Crippen molar-refractivity contribution >= 4 is 0 Å². The maximum absolute atomic E-state index is 5.92. The number of rotatable bonds is 8. The third-order valence-electron chi connectivity index (χ3n) is 3.64. The van der Waals surface area contributed by atoms with Gasteiger partial charge >= 0.3 is 0 Å². The maximum atomic E-state index is 5.92. The molecule has 2 atom stereocenters. The highest BCUT2D eigenvalue weighted by molar-refractivity contribution is 5.42. The van der Waals surface area contributed by atoms with E-state index >= 15 is 0 Å². The minimum atomic E-state index is 0.393. The van der Waals surface area contributed by atoms with Gasteiger partial charge < -0.3 is 9.47 Å². The lowest BCUT2D eigenvalue weighted by atomic mass is 9.95. The Morgan fingerprint density at radius 2 is 2.21 bits per heavy atom. The largest absolute Gasteiger partial charge is 0.489 e. The SMILES string of the molecule is C=CCOc1c(CC(C)CC)cccc1CC1CO1. The molecule has 2 unspecified atom stereocenters. The summed E-state index contributed by atoms with van der Waals surface area (Å²) in [5.41, 5.74) is 2.58. The van der Waals surface area contributed by atoms with Crippen LogP contribution in [0.25, 0.3) is 0 Å². The lowest BCUT2D eigenvalue weighted by Crippen LogP contribution is -2.06. The Bertz CT molecular complexity index is 421. The Morgan fingerprint density at radius 1 is 1.47 bits per heavy atom. The van der Waals surface area contributed by atoms with E-state index in [1.165, 1.54) is 17.5 Å². The van der Waals surface area contributed by atoms with E-state index in [9.17, 15) is 0 Å². The number of hydrogen-bond donors (Lipinski definition) is 0. The fourth-order valence-corrected chi connectivity index (χ4v) is 2.24. The summed E-state index contributed by atoms with van der Waals surface area (Å²) in [4.78, 5) is 0. The fraction of sp³-hybridized carbons (Fsp3) is 0.529. The Balaban J connectivity index is 2.20. The molecule has 0 bridgehead atoms. The van der Waals surface area contributed by atoms with Crippen LogP contribution in [-0.2, 0) is 17.6 Å². The van der Waals surface area contributed by atoms with Gasteiger partial charge in [0.15, 0.2) is 0 Å². The van der Waals surface area contributed by atoms with Crippen molar-refractivity contribution in [2.24, 2.45) is 5.92 Å². The third kappa shape index (κ3) is 4.10. The molecule has 0 spiro atoms. The summed E-state index contributed by atoms with van der Waals surface area (Å²) >= 11 is 0. The Morgan fingerprint density at radius 3 is 2.84 bits per heavy atom. The summed E-state index contributed by atoms with van der Waals surface area (Å²) in [6.07, 6.45) is 5.42. The van der Waals surface area contributed by atoms with Gasteiger partial charge in [-0.15, -0.1) is 0 Å². The predicted octanol–water partition coefficient (Wildman–Crippen LogP) is 3.78.